The molecule has 2 unspecified atom stereocenters. The molecule has 1 heterocycles. The number of methoxy groups -OCH3 is 2. The van der Waals surface area contributed by atoms with Crippen LogP contribution in [0.3, 0.4) is 0 Å². The Hall–Kier alpha value is -0.160. The van der Waals surface area contributed by atoms with Gasteiger partial charge in [0.1, 0.15) is 5.60 Å². The van der Waals surface area contributed by atoms with Crippen molar-refractivity contribution in [3.63, 3.8) is 0 Å². The molecular formula is C11H23NO3. The van der Waals surface area contributed by atoms with E-state index >= 15 is 0 Å². The molecule has 0 aromatic rings. The van der Waals surface area contributed by atoms with Crippen LogP contribution in [0.5, 0.6) is 0 Å². The Morgan fingerprint density at radius 3 is 2.80 bits per heavy atom. The van der Waals surface area contributed by atoms with E-state index in [0.717, 1.165) is 32.7 Å². The SMILES string of the molecule is COCC(C)CNCC1(OC)CCOC1. The van der Waals surface area contributed by atoms with Gasteiger partial charge in [0, 0.05) is 46.9 Å². The van der Waals surface area contributed by atoms with Gasteiger partial charge in [-0.15, -0.1) is 0 Å². The summed E-state index contributed by atoms with van der Waals surface area (Å²) in [4.78, 5) is 0. The number of ether oxygens (including phenoxy) is 3. The summed E-state index contributed by atoms with van der Waals surface area (Å²) >= 11 is 0. The summed E-state index contributed by atoms with van der Waals surface area (Å²) < 4.78 is 16.0. The standard InChI is InChI=1S/C11H23NO3/c1-10(7-13-2)6-12-8-11(14-3)4-5-15-9-11/h10,12H,4-9H2,1-3H3. The normalized spacial score (nSPS) is 28.2. The number of rotatable bonds is 7. The zero-order valence-electron chi connectivity index (χ0n) is 10.0. The fourth-order valence-corrected chi connectivity index (χ4v) is 1.85. The van der Waals surface area contributed by atoms with Crippen LogP contribution in [0.15, 0.2) is 0 Å². The van der Waals surface area contributed by atoms with Crippen LogP contribution in [-0.2, 0) is 14.2 Å². The first-order chi connectivity index (χ1) is 7.22. The molecule has 4 nitrogen and oxygen atoms in total. The first kappa shape index (κ1) is 12.9. The van der Waals surface area contributed by atoms with Gasteiger partial charge in [-0.2, -0.15) is 0 Å². The average Bonchev–Trinajstić information content (AvgIpc) is 2.68. The Labute approximate surface area is 92.3 Å². The molecule has 1 aliphatic heterocycles. The van der Waals surface area contributed by atoms with Gasteiger partial charge in [0.25, 0.3) is 0 Å². The van der Waals surface area contributed by atoms with E-state index in [9.17, 15) is 0 Å². The number of hydrogen-bond donors (Lipinski definition) is 1. The van der Waals surface area contributed by atoms with E-state index in [0.29, 0.717) is 12.5 Å². The van der Waals surface area contributed by atoms with Crippen molar-refractivity contribution < 1.29 is 14.2 Å². The van der Waals surface area contributed by atoms with E-state index in [-0.39, 0.29) is 5.60 Å². The maximum Gasteiger partial charge on any atom is 0.106 e. The molecule has 1 aliphatic rings. The zero-order chi connectivity index (χ0) is 11.1. The molecule has 1 N–H and O–H groups in total. The fraction of sp³-hybridized carbons (Fsp3) is 1.00. The van der Waals surface area contributed by atoms with Crippen molar-refractivity contribution in [1.29, 1.82) is 0 Å². The topological polar surface area (TPSA) is 39.7 Å². The molecule has 0 saturated carbocycles. The van der Waals surface area contributed by atoms with E-state index in [1.807, 2.05) is 0 Å². The van der Waals surface area contributed by atoms with Crippen LogP contribution >= 0.6 is 0 Å². The van der Waals surface area contributed by atoms with Crippen molar-refractivity contribution in [2.45, 2.75) is 18.9 Å². The minimum atomic E-state index is -0.104. The van der Waals surface area contributed by atoms with Crippen molar-refractivity contribution >= 4 is 0 Å². The molecule has 2 atom stereocenters. The van der Waals surface area contributed by atoms with Crippen molar-refractivity contribution in [3.05, 3.63) is 0 Å². The second kappa shape index (κ2) is 6.43. The maximum absolute atomic E-state index is 5.52. The number of nitrogens with one attached hydrogen (secondary N) is 1. The second-order valence-corrected chi connectivity index (χ2v) is 4.38. The fourth-order valence-electron chi connectivity index (χ4n) is 1.85. The van der Waals surface area contributed by atoms with Crippen LogP contribution in [0.1, 0.15) is 13.3 Å². The van der Waals surface area contributed by atoms with Crippen LogP contribution in [0.25, 0.3) is 0 Å². The van der Waals surface area contributed by atoms with Crippen molar-refractivity contribution in [1.82, 2.24) is 5.32 Å². The van der Waals surface area contributed by atoms with Gasteiger partial charge in [0.15, 0.2) is 0 Å². The molecule has 0 amide bonds. The first-order valence-electron chi connectivity index (χ1n) is 5.55. The molecule has 90 valence electrons. The quantitative estimate of drug-likeness (QED) is 0.680. The Balaban J connectivity index is 2.17. The minimum absolute atomic E-state index is 0.104. The highest BCUT2D eigenvalue weighted by atomic mass is 16.5. The summed E-state index contributed by atoms with van der Waals surface area (Å²) in [6, 6.07) is 0. The summed E-state index contributed by atoms with van der Waals surface area (Å²) in [7, 11) is 3.49. The molecule has 0 aromatic carbocycles. The molecule has 0 bridgehead atoms. The molecule has 1 saturated heterocycles. The third-order valence-electron chi connectivity index (χ3n) is 2.89. The third kappa shape index (κ3) is 4.07. The molecule has 15 heavy (non-hydrogen) atoms. The second-order valence-electron chi connectivity index (χ2n) is 4.38. The molecule has 0 radical (unpaired) electrons. The largest absolute Gasteiger partial charge is 0.384 e. The molecule has 0 spiro atoms. The van der Waals surface area contributed by atoms with E-state index in [1.54, 1.807) is 14.2 Å². The lowest BCUT2D eigenvalue weighted by Gasteiger charge is -2.26. The van der Waals surface area contributed by atoms with Gasteiger partial charge in [0.2, 0.25) is 0 Å². The lowest BCUT2D eigenvalue weighted by molar-refractivity contribution is -0.0165. The zero-order valence-corrected chi connectivity index (χ0v) is 10.0. The summed E-state index contributed by atoms with van der Waals surface area (Å²) in [6.45, 7) is 6.29. The monoisotopic (exact) mass is 217 g/mol. The van der Waals surface area contributed by atoms with Crippen molar-refractivity contribution in [3.8, 4) is 0 Å². The highest BCUT2D eigenvalue weighted by Crippen LogP contribution is 2.21. The Bertz CT molecular complexity index is 169. The minimum Gasteiger partial charge on any atom is -0.384 e. The van der Waals surface area contributed by atoms with Gasteiger partial charge < -0.3 is 19.5 Å². The third-order valence-corrected chi connectivity index (χ3v) is 2.89. The Morgan fingerprint density at radius 1 is 1.47 bits per heavy atom. The lowest BCUT2D eigenvalue weighted by Crippen LogP contribution is -2.44. The van der Waals surface area contributed by atoms with E-state index in [1.165, 1.54) is 0 Å². The summed E-state index contributed by atoms with van der Waals surface area (Å²) in [5, 5.41) is 3.42. The molecule has 1 rings (SSSR count). The molecule has 0 aromatic heterocycles. The van der Waals surface area contributed by atoms with Gasteiger partial charge >= 0.3 is 0 Å². The van der Waals surface area contributed by atoms with Gasteiger partial charge in [-0.3, -0.25) is 0 Å². The maximum atomic E-state index is 5.52. The molecule has 0 aliphatic carbocycles. The summed E-state index contributed by atoms with van der Waals surface area (Å²) in [5.74, 6) is 0.534. The smallest absolute Gasteiger partial charge is 0.106 e. The van der Waals surface area contributed by atoms with Gasteiger partial charge in [-0.05, 0) is 5.92 Å². The van der Waals surface area contributed by atoms with E-state index in [2.05, 4.69) is 12.2 Å². The average molecular weight is 217 g/mol. The summed E-state index contributed by atoms with van der Waals surface area (Å²) in [5.41, 5.74) is -0.104. The molecule has 1 fully saturated rings. The summed E-state index contributed by atoms with van der Waals surface area (Å²) in [6.07, 6.45) is 0.981. The Morgan fingerprint density at radius 2 is 2.27 bits per heavy atom. The van der Waals surface area contributed by atoms with Crippen LogP contribution in [0, 0.1) is 5.92 Å². The van der Waals surface area contributed by atoms with Gasteiger partial charge in [0.05, 0.1) is 6.61 Å². The van der Waals surface area contributed by atoms with Crippen molar-refractivity contribution in [2.24, 2.45) is 5.92 Å². The van der Waals surface area contributed by atoms with Gasteiger partial charge in [-0.1, -0.05) is 6.92 Å². The predicted molar refractivity (Wildman–Crippen MR) is 59.1 cm³/mol. The lowest BCUT2D eigenvalue weighted by atomic mass is 10.0. The highest BCUT2D eigenvalue weighted by molar-refractivity contribution is 4.87. The Kier molecular flexibility index (Phi) is 5.53. The first-order valence-corrected chi connectivity index (χ1v) is 5.55. The molecule has 4 heteroatoms. The van der Waals surface area contributed by atoms with E-state index in [4.69, 9.17) is 14.2 Å². The van der Waals surface area contributed by atoms with Gasteiger partial charge in [-0.25, -0.2) is 0 Å². The van der Waals surface area contributed by atoms with E-state index < -0.39 is 0 Å². The number of hydrogen-bond acceptors (Lipinski definition) is 4. The van der Waals surface area contributed by atoms with Crippen LogP contribution in [0.2, 0.25) is 0 Å². The van der Waals surface area contributed by atoms with Crippen molar-refractivity contribution in [2.75, 3.05) is 47.1 Å². The van der Waals surface area contributed by atoms with Crippen LogP contribution in [-0.4, -0.2) is 52.7 Å². The molecular weight excluding hydrogens is 194 g/mol. The highest BCUT2D eigenvalue weighted by Gasteiger charge is 2.34. The van der Waals surface area contributed by atoms with Crippen LogP contribution < -0.4 is 5.32 Å². The van der Waals surface area contributed by atoms with Crippen LogP contribution in [0.4, 0.5) is 0 Å². The predicted octanol–water partition coefficient (Wildman–Crippen LogP) is 0.664.